The molecule has 0 spiro atoms. The van der Waals surface area contributed by atoms with Crippen molar-refractivity contribution in [1.29, 1.82) is 0 Å². The second kappa shape index (κ2) is 5.53. The predicted octanol–water partition coefficient (Wildman–Crippen LogP) is 4.85. The maximum Gasteiger partial charge on any atom is 0.573 e. The summed E-state index contributed by atoms with van der Waals surface area (Å²) in [4.78, 5) is 0. The quantitative estimate of drug-likeness (QED) is 0.718. The summed E-state index contributed by atoms with van der Waals surface area (Å²) in [6.07, 6.45) is 0.571. The number of benzene rings is 2. The average molecular weight is 290 g/mol. The summed E-state index contributed by atoms with van der Waals surface area (Å²) in [5, 5.41) is 0. The van der Waals surface area contributed by atoms with Crippen molar-refractivity contribution in [3.63, 3.8) is 0 Å². The van der Waals surface area contributed by atoms with Gasteiger partial charge in [0.05, 0.1) is 0 Å². The zero-order valence-electron chi connectivity index (χ0n) is 11.6. The summed E-state index contributed by atoms with van der Waals surface area (Å²) in [5.41, 5.74) is 3.50. The van der Waals surface area contributed by atoms with Gasteiger partial charge in [0.1, 0.15) is 5.75 Å². The van der Waals surface area contributed by atoms with Gasteiger partial charge in [0.2, 0.25) is 0 Å². The molecule has 0 amide bonds. The van der Waals surface area contributed by atoms with Crippen LogP contribution in [0.1, 0.15) is 16.7 Å². The van der Waals surface area contributed by atoms with E-state index >= 15 is 0 Å². The van der Waals surface area contributed by atoms with Crippen LogP contribution in [-0.2, 0) is 0 Å². The number of rotatable bonds is 2. The molecule has 0 saturated carbocycles. The third-order valence-corrected chi connectivity index (χ3v) is 3.19. The van der Waals surface area contributed by atoms with Crippen molar-refractivity contribution in [3.8, 4) is 29.2 Å². The second-order valence-electron chi connectivity index (χ2n) is 4.70. The van der Waals surface area contributed by atoms with E-state index in [1.165, 1.54) is 18.2 Å². The van der Waals surface area contributed by atoms with Gasteiger partial charge in [-0.05, 0) is 48.7 Å². The number of hydrogen-bond donors (Lipinski definition) is 0. The fourth-order valence-electron chi connectivity index (χ4n) is 1.97. The Labute approximate surface area is 121 Å². The van der Waals surface area contributed by atoms with Crippen molar-refractivity contribution < 1.29 is 17.9 Å². The van der Waals surface area contributed by atoms with Crippen molar-refractivity contribution in [1.82, 2.24) is 0 Å². The zero-order chi connectivity index (χ0) is 15.6. The van der Waals surface area contributed by atoms with Crippen LogP contribution in [0.3, 0.4) is 0 Å². The minimum absolute atomic E-state index is 0.259. The molecule has 1 nitrogen and oxygen atoms in total. The second-order valence-corrected chi connectivity index (χ2v) is 4.70. The topological polar surface area (TPSA) is 9.23 Å². The van der Waals surface area contributed by atoms with Crippen LogP contribution in [0.25, 0.3) is 11.1 Å². The van der Waals surface area contributed by atoms with Crippen molar-refractivity contribution in [2.24, 2.45) is 0 Å². The Morgan fingerprint density at radius 2 is 1.71 bits per heavy atom. The van der Waals surface area contributed by atoms with E-state index in [0.29, 0.717) is 16.7 Å². The van der Waals surface area contributed by atoms with E-state index < -0.39 is 6.36 Å². The Bertz CT molecular complexity index is 709. The van der Waals surface area contributed by atoms with Gasteiger partial charge in [-0.25, -0.2) is 0 Å². The Morgan fingerprint density at radius 1 is 1.00 bits per heavy atom. The van der Waals surface area contributed by atoms with Gasteiger partial charge in [-0.2, -0.15) is 0 Å². The van der Waals surface area contributed by atoms with Crippen molar-refractivity contribution in [2.75, 3.05) is 0 Å². The summed E-state index contributed by atoms with van der Waals surface area (Å²) in [5.74, 6) is 2.16. The van der Waals surface area contributed by atoms with Crippen LogP contribution in [0, 0.1) is 26.2 Å². The lowest BCUT2D eigenvalue weighted by molar-refractivity contribution is -0.274. The molecule has 0 aromatic heterocycles. The third-order valence-electron chi connectivity index (χ3n) is 3.19. The Balaban J connectivity index is 2.58. The van der Waals surface area contributed by atoms with Crippen molar-refractivity contribution in [2.45, 2.75) is 20.2 Å². The zero-order valence-corrected chi connectivity index (χ0v) is 11.6. The van der Waals surface area contributed by atoms with E-state index in [-0.39, 0.29) is 5.75 Å². The standard InChI is InChI=1S/C17H13F3O/c1-4-13-6-8-16(21-17(18,19)20)15(10-13)14-7-5-11(2)12(3)9-14/h1,5-10H,2-3H3. The first kappa shape index (κ1) is 15.0. The van der Waals surface area contributed by atoms with Gasteiger partial charge in [0.15, 0.2) is 0 Å². The summed E-state index contributed by atoms with van der Waals surface area (Å²) in [6, 6.07) is 9.60. The van der Waals surface area contributed by atoms with E-state index in [9.17, 15) is 13.2 Å². The van der Waals surface area contributed by atoms with Crippen LogP contribution < -0.4 is 4.74 Å². The largest absolute Gasteiger partial charge is 0.573 e. The molecule has 2 aromatic rings. The van der Waals surface area contributed by atoms with Crippen LogP contribution in [-0.4, -0.2) is 6.36 Å². The molecule has 108 valence electrons. The molecule has 0 unspecified atom stereocenters. The molecule has 0 N–H and O–H groups in total. The van der Waals surface area contributed by atoms with E-state index in [1.54, 1.807) is 6.07 Å². The minimum atomic E-state index is -4.74. The Kier molecular flexibility index (Phi) is 3.95. The van der Waals surface area contributed by atoms with E-state index in [0.717, 1.165) is 11.1 Å². The van der Waals surface area contributed by atoms with E-state index in [2.05, 4.69) is 10.7 Å². The van der Waals surface area contributed by atoms with Gasteiger partial charge in [-0.15, -0.1) is 19.6 Å². The van der Waals surface area contributed by atoms with Crippen molar-refractivity contribution >= 4 is 0 Å². The molecular weight excluding hydrogens is 277 g/mol. The maximum atomic E-state index is 12.5. The number of aryl methyl sites for hydroxylation is 2. The first-order valence-electron chi connectivity index (χ1n) is 6.24. The fraction of sp³-hybridized carbons (Fsp3) is 0.176. The molecule has 0 bridgehead atoms. The number of ether oxygens (including phenoxy) is 1. The molecule has 0 radical (unpaired) electrons. The van der Waals surface area contributed by atoms with Crippen LogP contribution >= 0.6 is 0 Å². The SMILES string of the molecule is C#Cc1ccc(OC(F)(F)F)c(-c2ccc(C)c(C)c2)c1. The molecule has 0 aliphatic carbocycles. The van der Waals surface area contributed by atoms with E-state index in [4.69, 9.17) is 6.42 Å². The van der Waals surface area contributed by atoms with Crippen LogP contribution in [0.15, 0.2) is 36.4 Å². The van der Waals surface area contributed by atoms with Gasteiger partial charge < -0.3 is 4.74 Å². The lowest BCUT2D eigenvalue weighted by Gasteiger charge is -2.14. The van der Waals surface area contributed by atoms with Gasteiger partial charge in [0.25, 0.3) is 0 Å². The molecule has 0 saturated heterocycles. The lowest BCUT2D eigenvalue weighted by Crippen LogP contribution is -2.17. The highest BCUT2D eigenvalue weighted by molar-refractivity contribution is 5.73. The smallest absolute Gasteiger partial charge is 0.405 e. The molecule has 0 heterocycles. The highest BCUT2D eigenvalue weighted by Crippen LogP contribution is 2.35. The van der Waals surface area contributed by atoms with Gasteiger partial charge in [-0.1, -0.05) is 24.1 Å². The summed E-state index contributed by atoms with van der Waals surface area (Å²) in [7, 11) is 0. The minimum Gasteiger partial charge on any atom is -0.405 e. The highest BCUT2D eigenvalue weighted by atomic mass is 19.4. The summed E-state index contributed by atoms with van der Waals surface area (Å²) >= 11 is 0. The van der Waals surface area contributed by atoms with Crippen LogP contribution in [0.4, 0.5) is 13.2 Å². The average Bonchev–Trinajstić information content (AvgIpc) is 2.41. The van der Waals surface area contributed by atoms with Crippen LogP contribution in [0.2, 0.25) is 0 Å². The number of hydrogen-bond acceptors (Lipinski definition) is 1. The lowest BCUT2D eigenvalue weighted by atomic mass is 9.98. The monoisotopic (exact) mass is 290 g/mol. The maximum absolute atomic E-state index is 12.5. The third kappa shape index (κ3) is 3.57. The first-order valence-corrected chi connectivity index (χ1v) is 6.24. The van der Waals surface area contributed by atoms with Gasteiger partial charge in [0, 0.05) is 11.1 Å². The molecule has 2 aromatic carbocycles. The van der Waals surface area contributed by atoms with Gasteiger partial charge in [-0.3, -0.25) is 0 Å². The molecule has 0 aliphatic heterocycles. The van der Waals surface area contributed by atoms with Crippen molar-refractivity contribution in [3.05, 3.63) is 53.1 Å². The molecule has 2 rings (SSSR count). The summed E-state index contributed by atoms with van der Waals surface area (Å²) < 4.78 is 41.6. The Hall–Kier alpha value is -2.41. The van der Waals surface area contributed by atoms with Crippen LogP contribution in [0.5, 0.6) is 5.75 Å². The normalized spacial score (nSPS) is 11.0. The summed E-state index contributed by atoms with van der Waals surface area (Å²) in [6.45, 7) is 3.83. The molecular formula is C17H13F3O. The predicted molar refractivity (Wildman–Crippen MR) is 76.0 cm³/mol. The molecule has 4 heteroatoms. The molecule has 0 aliphatic rings. The first-order chi connectivity index (χ1) is 9.80. The number of halogens is 3. The molecule has 0 atom stereocenters. The fourth-order valence-corrected chi connectivity index (χ4v) is 1.97. The molecule has 0 fully saturated rings. The number of terminal acetylenes is 1. The Morgan fingerprint density at radius 3 is 2.29 bits per heavy atom. The van der Waals surface area contributed by atoms with E-state index in [1.807, 2.05) is 26.0 Å². The number of alkyl halides is 3. The highest BCUT2D eigenvalue weighted by Gasteiger charge is 2.32. The molecule has 21 heavy (non-hydrogen) atoms. The van der Waals surface area contributed by atoms with Gasteiger partial charge >= 0.3 is 6.36 Å².